The molecule has 2 rings (SSSR count). The Bertz CT molecular complexity index is 298. The van der Waals surface area contributed by atoms with Crippen molar-refractivity contribution in [2.45, 2.75) is 18.4 Å². The summed E-state index contributed by atoms with van der Waals surface area (Å²) in [4.78, 5) is 0. The topological polar surface area (TPSA) is 52.0 Å². The fourth-order valence-corrected chi connectivity index (χ4v) is 1.32. The van der Waals surface area contributed by atoms with Gasteiger partial charge in [0.2, 0.25) is 0 Å². The molecule has 0 bridgehead atoms. The van der Waals surface area contributed by atoms with Gasteiger partial charge in [0.1, 0.15) is 5.82 Å². The molecule has 1 aliphatic rings. The Morgan fingerprint density at radius 1 is 1.25 bits per heavy atom. The average Bonchev–Trinajstić information content (AvgIpc) is 2.67. The standard InChI is InChI=1S/C9H11FN2/c10-7-3-6(4-8(11)5-7)9(12)1-2-9/h3-5H,1-2,11-12H2. The molecule has 1 aliphatic carbocycles. The number of rotatable bonds is 1. The van der Waals surface area contributed by atoms with Crippen LogP contribution in [0.5, 0.6) is 0 Å². The lowest BCUT2D eigenvalue weighted by Gasteiger charge is -2.09. The molecule has 1 aromatic carbocycles. The predicted molar refractivity (Wildman–Crippen MR) is 45.9 cm³/mol. The van der Waals surface area contributed by atoms with Gasteiger partial charge in [0.25, 0.3) is 0 Å². The number of benzene rings is 1. The van der Waals surface area contributed by atoms with Crippen molar-refractivity contribution in [2.24, 2.45) is 5.73 Å². The van der Waals surface area contributed by atoms with Crippen molar-refractivity contribution in [3.63, 3.8) is 0 Å². The number of hydrogen-bond acceptors (Lipinski definition) is 2. The summed E-state index contributed by atoms with van der Waals surface area (Å²) in [6, 6.07) is 4.51. The van der Waals surface area contributed by atoms with E-state index in [1.54, 1.807) is 6.07 Å². The lowest BCUT2D eigenvalue weighted by molar-refractivity contribution is 0.619. The summed E-state index contributed by atoms with van der Waals surface area (Å²) in [5.41, 5.74) is 12.3. The van der Waals surface area contributed by atoms with Gasteiger partial charge < -0.3 is 11.5 Å². The van der Waals surface area contributed by atoms with E-state index in [4.69, 9.17) is 11.5 Å². The summed E-state index contributed by atoms with van der Waals surface area (Å²) in [7, 11) is 0. The average molecular weight is 166 g/mol. The molecular formula is C9H11FN2. The zero-order valence-corrected chi connectivity index (χ0v) is 6.68. The van der Waals surface area contributed by atoms with Crippen LogP contribution in [-0.4, -0.2) is 0 Å². The van der Waals surface area contributed by atoms with Gasteiger partial charge in [-0.2, -0.15) is 0 Å². The van der Waals surface area contributed by atoms with Crippen LogP contribution >= 0.6 is 0 Å². The molecule has 1 saturated carbocycles. The first kappa shape index (κ1) is 7.55. The Balaban J connectivity index is 2.44. The highest BCUT2D eigenvalue weighted by Crippen LogP contribution is 2.43. The first-order valence-corrected chi connectivity index (χ1v) is 3.96. The van der Waals surface area contributed by atoms with Gasteiger partial charge in [0.15, 0.2) is 0 Å². The van der Waals surface area contributed by atoms with Crippen LogP contribution in [0.1, 0.15) is 18.4 Å². The van der Waals surface area contributed by atoms with Crippen molar-refractivity contribution in [1.82, 2.24) is 0 Å². The summed E-state index contributed by atoms with van der Waals surface area (Å²) < 4.78 is 12.9. The SMILES string of the molecule is Nc1cc(F)cc(C2(N)CC2)c1. The van der Waals surface area contributed by atoms with Crippen LogP contribution < -0.4 is 11.5 Å². The van der Waals surface area contributed by atoms with Gasteiger partial charge in [-0.05, 0) is 36.6 Å². The fraction of sp³-hybridized carbons (Fsp3) is 0.333. The maximum absolute atomic E-state index is 12.9. The molecule has 3 heteroatoms. The second kappa shape index (κ2) is 2.20. The lowest BCUT2D eigenvalue weighted by Crippen LogP contribution is -2.19. The molecule has 0 heterocycles. The van der Waals surface area contributed by atoms with Crippen molar-refractivity contribution in [3.05, 3.63) is 29.6 Å². The number of hydrogen-bond donors (Lipinski definition) is 2. The van der Waals surface area contributed by atoms with E-state index < -0.39 is 0 Å². The molecule has 64 valence electrons. The summed E-state index contributed by atoms with van der Waals surface area (Å²) in [5, 5.41) is 0. The number of nitrogens with two attached hydrogens (primary N) is 2. The molecule has 0 atom stereocenters. The third-order valence-corrected chi connectivity index (χ3v) is 2.28. The minimum absolute atomic E-state index is 0.295. The summed E-state index contributed by atoms with van der Waals surface area (Å²) in [6.45, 7) is 0. The minimum atomic E-state index is -0.304. The van der Waals surface area contributed by atoms with E-state index in [-0.39, 0.29) is 11.4 Å². The van der Waals surface area contributed by atoms with Crippen LogP contribution in [0.2, 0.25) is 0 Å². The summed E-state index contributed by atoms with van der Waals surface area (Å²) in [5.74, 6) is -0.304. The molecule has 0 radical (unpaired) electrons. The van der Waals surface area contributed by atoms with Crippen molar-refractivity contribution in [1.29, 1.82) is 0 Å². The highest BCUT2D eigenvalue weighted by Gasteiger charge is 2.40. The predicted octanol–water partition coefficient (Wildman–Crippen LogP) is 1.36. The molecular weight excluding hydrogens is 155 g/mol. The van der Waals surface area contributed by atoms with E-state index in [1.165, 1.54) is 12.1 Å². The van der Waals surface area contributed by atoms with Crippen LogP contribution in [0, 0.1) is 5.82 Å². The van der Waals surface area contributed by atoms with Crippen molar-refractivity contribution < 1.29 is 4.39 Å². The Kier molecular flexibility index (Phi) is 1.38. The number of nitrogen functional groups attached to an aromatic ring is 1. The van der Waals surface area contributed by atoms with Crippen LogP contribution in [0.15, 0.2) is 18.2 Å². The third-order valence-electron chi connectivity index (χ3n) is 2.28. The Morgan fingerprint density at radius 3 is 2.42 bits per heavy atom. The van der Waals surface area contributed by atoms with E-state index >= 15 is 0 Å². The maximum Gasteiger partial charge on any atom is 0.125 e. The van der Waals surface area contributed by atoms with Gasteiger partial charge in [-0.3, -0.25) is 0 Å². The van der Waals surface area contributed by atoms with Crippen molar-refractivity contribution in [2.75, 3.05) is 5.73 Å². The van der Waals surface area contributed by atoms with Gasteiger partial charge >= 0.3 is 0 Å². The molecule has 0 aromatic heterocycles. The molecule has 1 fully saturated rings. The van der Waals surface area contributed by atoms with Gasteiger partial charge in [-0.15, -0.1) is 0 Å². The van der Waals surface area contributed by atoms with E-state index in [2.05, 4.69) is 0 Å². The van der Waals surface area contributed by atoms with E-state index in [0.717, 1.165) is 18.4 Å². The normalized spacial score (nSPS) is 19.2. The minimum Gasteiger partial charge on any atom is -0.399 e. The van der Waals surface area contributed by atoms with Crippen molar-refractivity contribution in [3.8, 4) is 0 Å². The molecule has 2 nitrogen and oxygen atoms in total. The quantitative estimate of drug-likeness (QED) is 0.619. The second-order valence-corrected chi connectivity index (χ2v) is 3.43. The molecule has 0 saturated heterocycles. The van der Waals surface area contributed by atoms with Gasteiger partial charge in [-0.1, -0.05) is 0 Å². The Labute approximate surface area is 70.4 Å². The number of anilines is 1. The highest BCUT2D eigenvalue weighted by molar-refractivity contribution is 5.45. The van der Waals surface area contributed by atoms with Crippen LogP contribution in [0.3, 0.4) is 0 Å². The molecule has 4 N–H and O–H groups in total. The zero-order chi connectivity index (χ0) is 8.77. The van der Waals surface area contributed by atoms with Crippen molar-refractivity contribution >= 4 is 5.69 Å². The first-order chi connectivity index (χ1) is 5.60. The molecule has 12 heavy (non-hydrogen) atoms. The second-order valence-electron chi connectivity index (χ2n) is 3.43. The summed E-state index contributed by atoms with van der Waals surface area (Å²) >= 11 is 0. The van der Waals surface area contributed by atoms with Crippen LogP contribution in [0.4, 0.5) is 10.1 Å². The molecule has 0 unspecified atom stereocenters. The van der Waals surface area contributed by atoms with Gasteiger partial charge in [0.05, 0.1) is 0 Å². The fourth-order valence-electron chi connectivity index (χ4n) is 1.32. The monoisotopic (exact) mass is 166 g/mol. The van der Waals surface area contributed by atoms with E-state index in [0.29, 0.717) is 5.69 Å². The van der Waals surface area contributed by atoms with Gasteiger partial charge in [0, 0.05) is 11.2 Å². The smallest absolute Gasteiger partial charge is 0.125 e. The molecule has 1 aromatic rings. The van der Waals surface area contributed by atoms with E-state index in [1.807, 2.05) is 0 Å². The first-order valence-electron chi connectivity index (χ1n) is 3.96. The van der Waals surface area contributed by atoms with Crippen LogP contribution in [-0.2, 0) is 5.54 Å². The van der Waals surface area contributed by atoms with E-state index in [9.17, 15) is 4.39 Å². The Morgan fingerprint density at radius 2 is 1.92 bits per heavy atom. The number of halogens is 1. The lowest BCUT2D eigenvalue weighted by atomic mass is 10.1. The molecule has 0 aliphatic heterocycles. The van der Waals surface area contributed by atoms with Gasteiger partial charge in [-0.25, -0.2) is 4.39 Å². The molecule has 0 amide bonds. The Hall–Kier alpha value is -1.09. The van der Waals surface area contributed by atoms with Crippen LogP contribution in [0.25, 0.3) is 0 Å². The zero-order valence-electron chi connectivity index (χ0n) is 6.68. The molecule has 0 spiro atoms. The largest absolute Gasteiger partial charge is 0.399 e. The highest BCUT2D eigenvalue weighted by atomic mass is 19.1. The maximum atomic E-state index is 12.9. The third kappa shape index (κ3) is 1.16. The summed E-state index contributed by atoms with van der Waals surface area (Å²) in [6.07, 6.45) is 1.85.